The van der Waals surface area contributed by atoms with E-state index >= 15 is 0 Å². The van der Waals surface area contributed by atoms with Crippen LogP contribution < -0.4 is 16.4 Å². The molecule has 2 aliphatic carbocycles. The van der Waals surface area contributed by atoms with Crippen molar-refractivity contribution in [1.82, 2.24) is 15.1 Å². The fourth-order valence-electron chi connectivity index (χ4n) is 5.59. The van der Waals surface area contributed by atoms with Gasteiger partial charge in [-0.25, -0.2) is 4.79 Å². The van der Waals surface area contributed by atoms with Crippen LogP contribution in [0.25, 0.3) is 0 Å². The standard InChI is InChI=1S/C27H42N6O3/c1-24(2,3)18(29-17-7-13-35-26(17)9-10-26)15-21(28)30-23(34)31-22-16-20(25(4,5)6)33(32-22)19-8-14-36-27(19)11-12-27/h15-17,19,29H,7-14H2,1-6H3,(H3,28,30,31,32,34)/b18-15-. The highest BCUT2D eigenvalue weighted by Gasteiger charge is 2.56. The lowest BCUT2D eigenvalue weighted by Crippen LogP contribution is -2.41. The number of rotatable bonds is 5. The predicted molar refractivity (Wildman–Crippen MR) is 140 cm³/mol. The summed E-state index contributed by atoms with van der Waals surface area (Å²) in [5, 5.41) is 11.3. The lowest BCUT2D eigenvalue weighted by molar-refractivity contribution is 0.0668. The number of nitrogens with one attached hydrogen (secondary N) is 2. The molecule has 0 radical (unpaired) electrons. The second kappa shape index (κ2) is 8.58. The summed E-state index contributed by atoms with van der Waals surface area (Å²) >= 11 is 0. The van der Waals surface area contributed by atoms with Crippen molar-refractivity contribution in [2.75, 3.05) is 18.5 Å². The molecular formula is C27H42N6O3. The number of allylic oxidation sites excluding steroid dienone is 1. The molecule has 1 aromatic rings. The first-order chi connectivity index (χ1) is 16.8. The summed E-state index contributed by atoms with van der Waals surface area (Å²) in [5.74, 6) is 0.645. The van der Waals surface area contributed by atoms with Crippen molar-refractivity contribution in [3.63, 3.8) is 0 Å². The van der Waals surface area contributed by atoms with E-state index in [1.54, 1.807) is 6.08 Å². The second-order valence-corrected chi connectivity index (χ2v) is 13.0. The number of nitrogens with zero attached hydrogens (tertiary/aromatic N) is 3. The van der Waals surface area contributed by atoms with Gasteiger partial charge in [0.05, 0.1) is 23.3 Å². The molecule has 0 aromatic carbocycles. The van der Waals surface area contributed by atoms with E-state index in [1.165, 1.54) is 0 Å². The van der Waals surface area contributed by atoms with E-state index in [2.05, 4.69) is 61.9 Å². The highest BCUT2D eigenvalue weighted by Crippen LogP contribution is 2.54. The van der Waals surface area contributed by atoms with Crippen molar-refractivity contribution in [2.45, 2.75) is 109 Å². The van der Waals surface area contributed by atoms with Gasteiger partial charge in [-0.3, -0.25) is 10.00 Å². The number of hydrogen-bond donors (Lipinski definition) is 3. The smallest absolute Gasteiger partial charge is 0.348 e. The van der Waals surface area contributed by atoms with Crippen LogP contribution in [0.3, 0.4) is 0 Å². The molecule has 4 aliphatic rings. The van der Waals surface area contributed by atoms with E-state index in [-0.39, 0.29) is 40.0 Å². The monoisotopic (exact) mass is 498 g/mol. The van der Waals surface area contributed by atoms with Crippen LogP contribution in [0.4, 0.5) is 10.6 Å². The number of nitrogens with two attached hydrogens (primary N) is 1. The minimum absolute atomic E-state index is 0.0272. The maximum absolute atomic E-state index is 12.8. The number of amides is 2. The number of anilines is 1. The zero-order chi connectivity index (χ0) is 25.9. The molecule has 3 heterocycles. The number of aliphatic imine (C=N–C) groups is 1. The fraction of sp³-hybridized carbons (Fsp3) is 0.741. The van der Waals surface area contributed by atoms with Gasteiger partial charge in [0.2, 0.25) is 0 Å². The molecule has 4 fully saturated rings. The molecule has 2 amide bonds. The number of amidine groups is 1. The van der Waals surface area contributed by atoms with Gasteiger partial charge in [-0.2, -0.15) is 10.1 Å². The summed E-state index contributed by atoms with van der Waals surface area (Å²) in [6.07, 6.45) is 7.99. The van der Waals surface area contributed by atoms with E-state index in [4.69, 9.17) is 20.3 Å². The van der Waals surface area contributed by atoms with Gasteiger partial charge in [-0.15, -0.1) is 0 Å². The quantitative estimate of drug-likeness (QED) is 0.409. The Morgan fingerprint density at radius 1 is 1.11 bits per heavy atom. The molecule has 2 saturated carbocycles. The minimum atomic E-state index is -0.534. The Bertz CT molecular complexity index is 1080. The van der Waals surface area contributed by atoms with E-state index in [0.717, 1.165) is 63.1 Å². The van der Waals surface area contributed by atoms with Crippen LogP contribution in [-0.4, -0.2) is 52.1 Å². The average molecular weight is 499 g/mol. The van der Waals surface area contributed by atoms with Crippen LogP contribution in [0.15, 0.2) is 22.8 Å². The lowest BCUT2D eigenvalue weighted by atomic mass is 9.90. The molecule has 9 nitrogen and oxygen atoms in total. The number of aromatic nitrogens is 2. The van der Waals surface area contributed by atoms with Crippen molar-refractivity contribution < 1.29 is 14.3 Å². The first kappa shape index (κ1) is 25.3. The first-order valence-corrected chi connectivity index (χ1v) is 13.3. The highest BCUT2D eigenvalue weighted by molar-refractivity contribution is 6.03. The predicted octanol–water partition coefficient (Wildman–Crippen LogP) is 4.40. The molecule has 9 heteroatoms. The number of urea groups is 1. The summed E-state index contributed by atoms with van der Waals surface area (Å²) in [6.45, 7) is 14.4. The Morgan fingerprint density at radius 3 is 2.36 bits per heavy atom. The van der Waals surface area contributed by atoms with Crippen molar-refractivity contribution in [3.8, 4) is 0 Å². The van der Waals surface area contributed by atoms with Crippen molar-refractivity contribution in [1.29, 1.82) is 0 Å². The third-order valence-electron chi connectivity index (χ3n) is 8.00. The van der Waals surface area contributed by atoms with E-state index < -0.39 is 6.03 Å². The summed E-state index contributed by atoms with van der Waals surface area (Å²) < 4.78 is 14.1. The van der Waals surface area contributed by atoms with Crippen LogP contribution in [0.5, 0.6) is 0 Å². The number of ether oxygens (including phenoxy) is 2. The highest BCUT2D eigenvalue weighted by atomic mass is 16.5. The molecule has 2 atom stereocenters. The maximum Gasteiger partial charge on any atom is 0.348 e. The first-order valence-electron chi connectivity index (χ1n) is 13.3. The molecule has 2 aliphatic heterocycles. The maximum atomic E-state index is 12.8. The third-order valence-corrected chi connectivity index (χ3v) is 8.00. The largest absolute Gasteiger partial charge is 0.383 e. The molecular weight excluding hydrogens is 456 g/mol. The van der Waals surface area contributed by atoms with Gasteiger partial charge < -0.3 is 20.5 Å². The van der Waals surface area contributed by atoms with Crippen LogP contribution in [0.2, 0.25) is 0 Å². The Morgan fingerprint density at radius 2 is 1.75 bits per heavy atom. The fourth-order valence-corrected chi connectivity index (χ4v) is 5.59. The summed E-state index contributed by atoms with van der Waals surface area (Å²) in [6, 6.07) is 1.88. The van der Waals surface area contributed by atoms with Gasteiger partial charge in [-0.1, -0.05) is 41.5 Å². The Hall–Kier alpha value is -2.39. The second-order valence-electron chi connectivity index (χ2n) is 13.0. The van der Waals surface area contributed by atoms with Crippen LogP contribution in [-0.2, 0) is 14.9 Å². The van der Waals surface area contributed by atoms with Gasteiger partial charge in [-0.05, 0) is 44.6 Å². The molecule has 2 spiro atoms. The molecule has 36 heavy (non-hydrogen) atoms. The zero-order valence-electron chi connectivity index (χ0n) is 22.6. The summed E-state index contributed by atoms with van der Waals surface area (Å²) in [5.41, 5.74) is 7.83. The Kier molecular flexibility index (Phi) is 6.03. The number of hydrogen-bond acceptors (Lipinski definition) is 5. The van der Waals surface area contributed by atoms with Crippen molar-refractivity contribution in [3.05, 3.63) is 23.5 Å². The molecule has 1 aromatic heterocycles. The van der Waals surface area contributed by atoms with E-state index in [1.807, 2.05) is 6.07 Å². The topological polar surface area (TPSA) is 116 Å². The van der Waals surface area contributed by atoms with Crippen molar-refractivity contribution >= 4 is 17.7 Å². The van der Waals surface area contributed by atoms with E-state index in [0.29, 0.717) is 5.82 Å². The van der Waals surface area contributed by atoms with Gasteiger partial charge in [0, 0.05) is 41.5 Å². The van der Waals surface area contributed by atoms with Crippen LogP contribution >= 0.6 is 0 Å². The third kappa shape index (κ3) is 4.92. The molecule has 4 N–H and O–H groups in total. The van der Waals surface area contributed by atoms with Gasteiger partial charge in [0.25, 0.3) is 0 Å². The lowest BCUT2D eigenvalue weighted by Gasteiger charge is -2.30. The Balaban J connectivity index is 1.32. The molecule has 198 valence electrons. The SMILES string of the molecule is CC(C)(C)/C(=C/C(N)=N\C(=O)Nc1cc(C(C)(C)C)n(C2CCOC23CC3)n1)NC1CCOC12CC2. The minimum Gasteiger partial charge on any atom is -0.383 e. The average Bonchev–Trinajstić information content (AvgIpc) is 3.54. The van der Waals surface area contributed by atoms with Crippen LogP contribution in [0.1, 0.15) is 91.8 Å². The molecule has 5 rings (SSSR count). The summed E-state index contributed by atoms with van der Waals surface area (Å²) in [4.78, 5) is 16.9. The zero-order valence-corrected chi connectivity index (χ0v) is 22.6. The number of carbonyl (C=O) groups excluding carboxylic acids is 1. The molecule has 0 bridgehead atoms. The van der Waals surface area contributed by atoms with Gasteiger partial charge in [0.1, 0.15) is 5.84 Å². The summed E-state index contributed by atoms with van der Waals surface area (Å²) in [7, 11) is 0. The van der Waals surface area contributed by atoms with Crippen LogP contribution in [0, 0.1) is 5.41 Å². The van der Waals surface area contributed by atoms with Gasteiger partial charge >= 0.3 is 6.03 Å². The number of carbonyl (C=O) groups is 1. The Labute approximate surface area is 214 Å². The van der Waals surface area contributed by atoms with Crippen molar-refractivity contribution in [2.24, 2.45) is 16.1 Å². The van der Waals surface area contributed by atoms with Gasteiger partial charge in [0.15, 0.2) is 5.82 Å². The molecule has 2 saturated heterocycles. The van der Waals surface area contributed by atoms with E-state index in [9.17, 15) is 4.79 Å². The molecule has 2 unspecified atom stereocenters. The normalized spacial score (nSPS) is 27.1.